The van der Waals surface area contributed by atoms with Gasteiger partial charge in [0.15, 0.2) is 0 Å². The molecule has 0 aliphatic carbocycles. The van der Waals surface area contributed by atoms with Crippen molar-refractivity contribution in [3.05, 3.63) is 41.7 Å². The lowest BCUT2D eigenvalue weighted by Gasteiger charge is -2.08. The smallest absolute Gasteiger partial charge is 0.240 e. The lowest BCUT2D eigenvalue weighted by atomic mass is 10.3. The molecule has 2 aromatic rings. The fourth-order valence-electron chi connectivity index (χ4n) is 1.87. The second kappa shape index (κ2) is 7.62. The Morgan fingerprint density at radius 1 is 1.32 bits per heavy atom. The summed E-state index contributed by atoms with van der Waals surface area (Å²) in [6.07, 6.45) is 3.86. The Morgan fingerprint density at radius 2 is 2.05 bits per heavy atom. The van der Waals surface area contributed by atoms with E-state index in [2.05, 4.69) is 9.82 Å². The number of sulfonamides is 1. The Bertz CT molecular complexity index is 698. The summed E-state index contributed by atoms with van der Waals surface area (Å²) in [5.74, 6) is 0.650. The van der Waals surface area contributed by atoms with Crippen LogP contribution in [-0.2, 0) is 16.6 Å². The van der Waals surface area contributed by atoms with Gasteiger partial charge in [-0.1, -0.05) is 11.6 Å². The predicted octanol–water partition coefficient (Wildman–Crippen LogP) is 2.30. The quantitative estimate of drug-likeness (QED) is 0.746. The number of hydrogen-bond donors (Lipinski definition) is 1. The van der Waals surface area contributed by atoms with Crippen molar-refractivity contribution in [3.8, 4) is 5.75 Å². The van der Waals surface area contributed by atoms with Gasteiger partial charge >= 0.3 is 0 Å². The van der Waals surface area contributed by atoms with Crippen molar-refractivity contribution < 1.29 is 13.2 Å². The first-order valence-corrected chi connectivity index (χ1v) is 8.78. The van der Waals surface area contributed by atoms with Crippen LogP contribution in [0.15, 0.2) is 41.6 Å². The summed E-state index contributed by atoms with van der Waals surface area (Å²) in [6, 6.07) is 6.34. The molecular formula is C14H18ClN3O3S. The Hall–Kier alpha value is -1.57. The SMILES string of the molecule is CCOc1ccc(S(=O)(=O)NCCCn2cc(Cl)cn2)cc1. The van der Waals surface area contributed by atoms with Crippen LogP contribution in [0.25, 0.3) is 0 Å². The van der Waals surface area contributed by atoms with E-state index >= 15 is 0 Å². The molecule has 1 aromatic heterocycles. The Labute approximate surface area is 135 Å². The molecule has 0 saturated heterocycles. The standard InChI is InChI=1S/C14H18ClN3O3S/c1-2-21-13-4-6-14(7-5-13)22(19,20)17-8-3-9-18-11-12(15)10-16-18/h4-7,10-11,17H,2-3,8-9H2,1H3. The highest BCUT2D eigenvalue weighted by Crippen LogP contribution is 2.15. The molecule has 0 fully saturated rings. The van der Waals surface area contributed by atoms with Crippen LogP contribution in [0.2, 0.25) is 5.02 Å². The molecule has 0 bridgehead atoms. The van der Waals surface area contributed by atoms with E-state index in [9.17, 15) is 8.42 Å². The first kappa shape index (κ1) is 16.8. The van der Waals surface area contributed by atoms with E-state index in [1.165, 1.54) is 12.1 Å². The average Bonchev–Trinajstić information content (AvgIpc) is 2.90. The summed E-state index contributed by atoms with van der Waals surface area (Å²) in [5, 5.41) is 4.59. The minimum absolute atomic E-state index is 0.220. The molecule has 0 amide bonds. The molecule has 2 rings (SSSR count). The molecule has 0 spiro atoms. The normalized spacial score (nSPS) is 11.5. The zero-order valence-corrected chi connectivity index (χ0v) is 13.8. The fraction of sp³-hybridized carbons (Fsp3) is 0.357. The maximum Gasteiger partial charge on any atom is 0.240 e. The zero-order chi connectivity index (χ0) is 16.0. The van der Waals surface area contributed by atoms with E-state index in [1.54, 1.807) is 29.2 Å². The van der Waals surface area contributed by atoms with Gasteiger partial charge in [-0.2, -0.15) is 5.10 Å². The molecule has 0 atom stereocenters. The zero-order valence-electron chi connectivity index (χ0n) is 12.2. The highest BCUT2D eigenvalue weighted by atomic mass is 35.5. The first-order valence-electron chi connectivity index (χ1n) is 6.92. The van der Waals surface area contributed by atoms with Gasteiger partial charge in [-0.25, -0.2) is 13.1 Å². The second-order valence-electron chi connectivity index (χ2n) is 4.58. The minimum Gasteiger partial charge on any atom is -0.494 e. The number of benzene rings is 1. The fourth-order valence-corrected chi connectivity index (χ4v) is 3.10. The molecule has 1 N–H and O–H groups in total. The summed E-state index contributed by atoms with van der Waals surface area (Å²) in [6.45, 7) is 3.34. The third kappa shape index (κ3) is 4.72. The number of aryl methyl sites for hydroxylation is 1. The van der Waals surface area contributed by atoms with Crippen molar-refractivity contribution >= 4 is 21.6 Å². The highest BCUT2D eigenvalue weighted by molar-refractivity contribution is 7.89. The summed E-state index contributed by atoms with van der Waals surface area (Å²) in [5.41, 5.74) is 0. The maximum absolute atomic E-state index is 12.1. The molecule has 120 valence electrons. The minimum atomic E-state index is -3.50. The Morgan fingerprint density at radius 3 is 2.64 bits per heavy atom. The van der Waals surface area contributed by atoms with Crippen LogP contribution in [0.4, 0.5) is 0 Å². The molecule has 0 unspecified atom stereocenters. The van der Waals surface area contributed by atoms with Gasteiger partial charge in [0.05, 0.1) is 22.7 Å². The van der Waals surface area contributed by atoms with Gasteiger partial charge in [0.2, 0.25) is 10.0 Å². The maximum atomic E-state index is 12.1. The molecule has 0 aliphatic rings. The van der Waals surface area contributed by atoms with E-state index in [1.807, 2.05) is 6.92 Å². The lowest BCUT2D eigenvalue weighted by Crippen LogP contribution is -2.25. The molecule has 0 saturated carbocycles. The van der Waals surface area contributed by atoms with Crippen LogP contribution in [0.3, 0.4) is 0 Å². The van der Waals surface area contributed by atoms with Crippen LogP contribution >= 0.6 is 11.6 Å². The predicted molar refractivity (Wildman–Crippen MR) is 84.7 cm³/mol. The van der Waals surface area contributed by atoms with Crippen LogP contribution in [-0.4, -0.2) is 31.3 Å². The molecule has 1 aromatic carbocycles. The number of hydrogen-bond acceptors (Lipinski definition) is 4. The van der Waals surface area contributed by atoms with Crippen molar-refractivity contribution in [2.24, 2.45) is 0 Å². The first-order chi connectivity index (χ1) is 10.5. The highest BCUT2D eigenvalue weighted by Gasteiger charge is 2.13. The van der Waals surface area contributed by atoms with Gasteiger partial charge in [-0.05, 0) is 37.6 Å². The number of rotatable bonds is 8. The van der Waals surface area contributed by atoms with Gasteiger partial charge in [0.25, 0.3) is 0 Å². The largest absolute Gasteiger partial charge is 0.494 e. The monoisotopic (exact) mass is 343 g/mol. The summed E-state index contributed by atoms with van der Waals surface area (Å²) in [7, 11) is -3.50. The molecule has 0 aliphatic heterocycles. The van der Waals surface area contributed by atoms with Crippen LogP contribution < -0.4 is 9.46 Å². The average molecular weight is 344 g/mol. The van der Waals surface area contributed by atoms with E-state index < -0.39 is 10.0 Å². The van der Waals surface area contributed by atoms with Gasteiger partial charge in [-0.15, -0.1) is 0 Å². The number of aromatic nitrogens is 2. The van der Waals surface area contributed by atoms with Crippen molar-refractivity contribution in [1.82, 2.24) is 14.5 Å². The second-order valence-corrected chi connectivity index (χ2v) is 6.78. The van der Waals surface area contributed by atoms with Crippen molar-refractivity contribution in [1.29, 1.82) is 0 Å². The number of halogens is 1. The van der Waals surface area contributed by atoms with Crippen LogP contribution in [0.1, 0.15) is 13.3 Å². The van der Waals surface area contributed by atoms with E-state index in [-0.39, 0.29) is 4.90 Å². The van der Waals surface area contributed by atoms with Crippen molar-refractivity contribution in [2.75, 3.05) is 13.2 Å². The van der Waals surface area contributed by atoms with Crippen molar-refractivity contribution in [2.45, 2.75) is 24.8 Å². The molecule has 0 radical (unpaired) electrons. The summed E-state index contributed by atoms with van der Waals surface area (Å²) in [4.78, 5) is 0.220. The topological polar surface area (TPSA) is 73.2 Å². The van der Waals surface area contributed by atoms with Gasteiger partial charge in [0.1, 0.15) is 5.75 Å². The number of nitrogens with one attached hydrogen (secondary N) is 1. The molecular weight excluding hydrogens is 326 g/mol. The molecule has 8 heteroatoms. The van der Waals surface area contributed by atoms with Gasteiger partial charge < -0.3 is 4.74 Å². The van der Waals surface area contributed by atoms with E-state index in [0.717, 1.165) is 0 Å². The van der Waals surface area contributed by atoms with Crippen molar-refractivity contribution in [3.63, 3.8) is 0 Å². The Balaban J connectivity index is 1.85. The molecule has 6 nitrogen and oxygen atoms in total. The van der Waals surface area contributed by atoms with E-state index in [4.69, 9.17) is 16.3 Å². The summed E-state index contributed by atoms with van der Waals surface area (Å²) >= 11 is 5.76. The van der Waals surface area contributed by atoms with Gasteiger partial charge in [0, 0.05) is 19.3 Å². The third-order valence-corrected chi connectivity index (χ3v) is 4.57. The van der Waals surface area contributed by atoms with Crippen LogP contribution in [0.5, 0.6) is 5.75 Å². The summed E-state index contributed by atoms with van der Waals surface area (Å²) < 4.78 is 33.8. The van der Waals surface area contributed by atoms with Gasteiger partial charge in [-0.3, -0.25) is 4.68 Å². The Kier molecular flexibility index (Phi) is 5.82. The van der Waals surface area contributed by atoms with Crippen LogP contribution in [0, 0.1) is 0 Å². The number of nitrogens with zero attached hydrogens (tertiary/aromatic N) is 2. The number of ether oxygens (including phenoxy) is 1. The molecule has 1 heterocycles. The third-order valence-electron chi connectivity index (χ3n) is 2.90. The van der Waals surface area contributed by atoms with E-state index in [0.29, 0.717) is 36.9 Å². The molecule has 22 heavy (non-hydrogen) atoms. The lowest BCUT2D eigenvalue weighted by molar-refractivity contribution is 0.340.